The number of rotatable bonds is 16. The fraction of sp³-hybridized carbons (Fsp3) is 1.00. The van der Waals surface area contributed by atoms with Crippen molar-refractivity contribution in [1.82, 2.24) is 4.90 Å². The fourth-order valence-electron chi connectivity index (χ4n) is 3.60. The van der Waals surface area contributed by atoms with Crippen LogP contribution in [0.2, 0.25) is 0 Å². The van der Waals surface area contributed by atoms with Crippen LogP contribution in [0.3, 0.4) is 0 Å². The summed E-state index contributed by atoms with van der Waals surface area (Å²) in [6, 6.07) is 0. The van der Waals surface area contributed by atoms with Gasteiger partial charge in [0.05, 0.1) is 0 Å². The van der Waals surface area contributed by atoms with Gasteiger partial charge in [0.25, 0.3) is 0 Å². The maximum Gasteiger partial charge on any atom is 0.000904 e. The van der Waals surface area contributed by atoms with E-state index in [4.69, 9.17) is 0 Å². The molecule has 0 rings (SSSR count). The Morgan fingerprint density at radius 2 is 1.14 bits per heavy atom. The van der Waals surface area contributed by atoms with Crippen LogP contribution >= 0.6 is 0 Å². The first-order valence-electron chi connectivity index (χ1n) is 10.4. The zero-order chi connectivity index (χ0) is 16.6. The lowest BCUT2D eigenvalue weighted by molar-refractivity contribution is 0.196. The summed E-state index contributed by atoms with van der Waals surface area (Å²) < 4.78 is 0. The third-order valence-corrected chi connectivity index (χ3v) is 5.38. The van der Waals surface area contributed by atoms with Crippen LogP contribution < -0.4 is 0 Å². The molecule has 0 saturated heterocycles. The molecular weight excluding hydrogens is 266 g/mol. The summed E-state index contributed by atoms with van der Waals surface area (Å²) >= 11 is 0. The highest BCUT2D eigenvalue weighted by molar-refractivity contribution is 4.72. The molecule has 0 aromatic carbocycles. The van der Waals surface area contributed by atoms with Crippen molar-refractivity contribution in [3.63, 3.8) is 0 Å². The quantitative estimate of drug-likeness (QED) is 0.280. The lowest BCUT2D eigenvalue weighted by atomic mass is 9.81. The first-order chi connectivity index (χ1) is 10.7. The molecule has 0 spiro atoms. The van der Waals surface area contributed by atoms with Crippen LogP contribution in [0.15, 0.2) is 0 Å². The Kier molecular flexibility index (Phi) is 15.8. The lowest BCUT2D eigenvalue weighted by Gasteiger charge is -2.30. The smallest absolute Gasteiger partial charge is 0.000904 e. The summed E-state index contributed by atoms with van der Waals surface area (Å²) in [6.07, 6.45) is 17.2. The minimum atomic E-state index is 0.915. The van der Waals surface area contributed by atoms with Gasteiger partial charge >= 0.3 is 0 Å². The van der Waals surface area contributed by atoms with E-state index in [2.05, 4.69) is 39.6 Å². The van der Waals surface area contributed by atoms with Crippen LogP contribution in [-0.2, 0) is 0 Å². The molecule has 0 N–H and O–H groups in total. The number of nitrogens with zero attached hydrogens (tertiary/aromatic N) is 1. The van der Waals surface area contributed by atoms with E-state index in [9.17, 15) is 0 Å². The molecule has 0 aliphatic heterocycles. The largest absolute Gasteiger partial charge is 0.306 e. The van der Waals surface area contributed by atoms with Gasteiger partial charge in [0, 0.05) is 6.54 Å². The van der Waals surface area contributed by atoms with Crippen LogP contribution in [0.4, 0.5) is 0 Å². The Balaban J connectivity index is 4.26. The third-order valence-electron chi connectivity index (χ3n) is 5.38. The second-order valence-electron chi connectivity index (χ2n) is 7.34. The maximum atomic E-state index is 2.52. The van der Waals surface area contributed by atoms with Crippen molar-refractivity contribution in [1.29, 1.82) is 0 Å². The van der Waals surface area contributed by atoms with Crippen molar-refractivity contribution in [2.45, 2.75) is 105 Å². The molecule has 0 aromatic heterocycles. The molecule has 2 unspecified atom stereocenters. The number of unbranched alkanes of at least 4 members (excludes halogenated alkanes) is 7. The van der Waals surface area contributed by atoms with E-state index < -0.39 is 0 Å². The van der Waals surface area contributed by atoms with E-state index in [1.54, 1.807) is 0 Å². The first kappa shape index (κ1) is 22.0. The summed E-state index contributed by atoms with van der Waals surface area (Å²) in [5, 5.41) is 0. The highest BCUT2D eigenvalue weighted by Crippen LogP contribution is 2.28. The Morgan fingerprint density at radius 3 is 1.59 bits per heavy atom. The molecule has 1 nitrogen and oxygen atoms in total. The molecule has 0 saturated carbocycles. The van der Waals surface area contributed by atoms with E-state index in [-0.39, 0.29) is 0 Å². The third kappa shape index (κ3) is 11.5. The van der Waals surface area contributed by atoms with Crippen LogP contribution in [-0.4, -0.2) is 25.0 Å². The average Bonchev–Trinajstić information content (AvgIpc) is 2.54. The highest BCUT2D eigenvalue weighted by Gasteiger charge is 2.20. The van der Waals surface area contributed by atoms with E-state index in [0.717, 1.165) is 11.8 Å². The normalized spacial score (nSPS) is 14.5. The molecule has 0 aliphatic rings. The minimum Gasteiger partial charge on any atom is -0.306 e. The molecule has 0 bridgehead atoms. The second-order valence-corrected chi connectivity index (χ2v) is 7.34. The molecule has 1 heteroatoms. The molecule has 0 aromatic rings. The van der Waals surface area contributed by atoms with Crippen LogP contribution in [0.5, 0.6) is 0 Å². The van der Waals surface area contributed by atoms with Crippen molar-refractivity contribution in [2.75, 3.05) is 20.1 Å². The minimum absolute atomic E-state index is 0.915. The van der Waals surface area contributed by atoms with Gasteiger partial charge in [0.2, 0.25) is 0 Å². The van der Waals surface area contributed by atoms with Crippen LogP contribution in [0, 0.1) is 11.8 Å². The van der Waals surface area contributed by atoms with Crippen molar-refractivity contribution in [2.24, 2.45) is 11.8 Å². The van der Waals surface area contributed by atoms with Gasteiger partial charge in [-0.2, -0.15) is 0 Å². The second kappa shape index (κ2) is 15.8. The summed E-state index contributed by atoms with van der Waals surface area (Å²) in [6.45, 7) is 11.8. The Bertz CT molecular complexity index is 214. The van der Waals surface area contributed by atoms with Crippen molar-refractivity contribution in [3.8, 4) is 0 Å². The molecule has 0 amide bonds. The Morgan fingerprint density at radius 1 is 0.636 bits per heavy atom. The van der Waals surface area contributed by atoms with Crippen LogP contribution in [0.25, 0.3) is 0 Å². The van der Waals surface area contributed by atoms with Gasteiger partial charge in [-0.1, -0.05) is 105 Å². The van der Waals surface area contributed by atoms with Crippen molar-refractivity contribution < 1.29 is 0 Å². The monoisotopic (exact) mass is 311 g/mol. The topological polar surface area (TPSA) is 3.24 Å². The average molecular weight is 312 g/mol. The molecule has 0 heterocycles. The zero-order valence-electron chi connectivity index (χ0n) is 16.5. The first-order valence-corrected chi connectivity index (χ1v) is 10.4. The van der Waals surface area contributed by atoms with E-state index >= 15 is 0 Å². The van der Waals surface area contributed by atoms with Gasteiger partial charge in [-0.3, -0.25) is 0 Å². The molecular formula is C21H45N. The van der Waals surface area contributed by atoms with E-state index in [0.29, 0.717) is 0 Å². The molecule has 134 valence electrons. The van der Waals surface area contributed by atoms with Crippen molar-refractivity contribution in [3.05, 3.63) is 0 Å². The van der Waals surface area contributed by atoms with Gasteiger partial charge in [0.1, 0.15) is 0 Å². The zero-order valence-corrected chi connectivity index (χ0v) is 16.5. The summed E-state index contributed by atoms with van der Waals surface area (Å²) in [5.74, 6) is 1.88. The van der Waals surface area contributed by atoms with Gasteiger partial charge in [-0.25, -0.2) is 0 Å². The van der Waals surface area contributed by atoms with Gasteiger partial charge in [-0.05, 0) is 25.4 Å². The van der Waals surface area contributed by atoms with Gasteiger partial charge < -0.3 is 4.90 Å². The molecule has 0 aliphatic carbocycles. The molecule has 22 heavy (non-hydrogen) atoms. The van der Waals surface area contributed by atoms with Crippen molar-refractivity contribution >= 4 is 0 Å². The fourth-order valence-corrected chi connectivity index (χ4v) is 3.60. The Hall–Kier alpha value is -0.0400. The summed E-state index contributed by atoms with van der Waals surface area (Å²) in [4.78, 5) is 2.52. The highest BCUT2D eigenvalue weighted by atomic mass is 15.1. The Labute approximate surface area is 142 Å². The number of hydrogen-bond donors (Lipinski definition) is 0. The summed E-state index contributed by atoms with van der Waals surface area (Å²) in [7, 11) is 2.29. The number of hydrogen-bond acceptors (Lipinski definition) is 1. The molecule has 2 atom stereocenters. The van der Waals surface area contributed by atoms with Gasteiger partial charge in [0.15, 0.2) is 0 Å². The standard InChI is InChI=1S/C21H45N/c1-6-10-12-14-16-18-21(17-15-13-11-7-2)20(8-3)19-22(5)9-4/h20-21H,6-19H2,1-5H3. The predicted molar refractivity (Wildman–Crippen MR) is 103 cm³/mol. The molecule has 0 fully saturated rings. The summed E-state index contributed by atoms with van der Waals surface area (Å²) in [5.41, 5.74) is 0. The van der Waals surface area contributed by atoms with Gasteiger partial charge in [-0.15, -0.1) is 0 Å². The lowest BCUT2D eigenvalue weighted by Crippen LogP contribution is -2.30. The molecule has 0 radical (unpaired) electrons. The van der Waals surface area contributed by atoms with E-state index in [1.807, 2.05) is 0 Å². The maximum absolute atomic E-state index is 2.52. The predicted octanol–water partition coefficient (Wildman–Crippen LogP) is 6.91. The van der Waals surface area contributed by atoms with Crippen LogP contribution in [0.1, 0.15) is 105 Å². The van der Waals surface area contributed by atoms with E-state index in [1.165, 1.54) is 90.1 Å². The SMILES string of the molecule is CCCCCCCC(CCCCCC)C(CC)CN(C)CC.